The number of carbonyl (C=O) groups excluding carboxylic acids is 2. The average molecular weight is 348 g/mol. The van der Waals surface area contributed by atoms with Gasteiger partial charge >= 0.3 is 0 Å². The molecule has 2 amide bonds. The minimum Gasteiger partial charge on any atom is -0.349 e. The van der Waals surface area contributed by atoms with Crippen LogP contribution in [0.1, 0.15) is 53.9 Å². The van der Waals surface area contributed by atoms with Gasteiger partial charge in [-0.3, -0.25) is 9.59 Å². The molecule has 23 heavy (non-hydrogen) atoms. The van der Waals surface area contributed by atoms with E-state index in [2.05, 4.69) is 19.2 Å². The normalized spacial score (nSPS) is 22.0. The Morgan fingerprint density at radius 3 is 2.43 bits per heavy atom. The van der Waals surface area contributed by atoms with E-state index in [0.717, 1.165) is 25.8 Å². The van der Waals surface area contributed by atoms with Crippen molar-refractivity contribution in [2.24, 2.45) is 23.5 Å². The van der Waals surface area contributed by atoms with E-state index in [0.29, 0.717) is 13.1 Å². The van der Waals surface area contributed by atoms with Gasteiger partial charge in [-0.25, -0.2) is 0 Å². The predicted octanol–water partition coefficient (Wildman–Crippen LogP) is 2.18. The highest BCUT2D eigenvalue weighted by atomic mass is 35.5. The van der Waals surface area contributed by atoms with Crippen molar-refractivity contribution >= 4 is 24.2 Å². The van der Waals surface area contributed by atoms with Crippen molar-refractivity contribution in [3.8, 4) is 0 Å². The number of nitrogens with two attached hydrogens (primary N) is 1. The lowest BCUT2D eigenvalue weighted by molar-refractivity contribution is -0.139. The van der Waals surface area contributed by atoms with E-state index in [1.54, 1.807) is 0 Å². The molecule has 0 bridgehead atoms. The molecule has 5 nitrogen and oxygen atoms in total. The van der Waals surface area contributed by atoms with E-state index in [4.69, 9.17) is 5.73 Å². The van der Waals surface area contributed by atoms with Gasteiger partial charge in [0, 0.05) is 25.6 Å². The van der Waals surface area contributed by atoms with Crippen molar-refractivity contribution < 1.29 is 9.59 Å². The summed E-state index contributed by atoms with van der Waals surface area (Å²) in [6.07, 6.45) is 2.57. The van der Waals surface area contributed by atoms with Gasteiger partial charge in [-0.15, -0.1) is 12.4 Å². The van der Waals surface area contributed by atoms with Gasteiger partial charge in [0.25, 0.3) is 0 Å². The van der Waals surface area contributed by atoms with Gasteiger partial charge in [0.1, 0.15) is 0 Å². The Balaban J connectivity index is 0.00000484. The molecule has 1 heterocycles. The fourth-order valence-corrected chi connectivity index (χ4v) is 2.69. The van der Waals surface area contributed by atoms with Crippen molar-refractivity contribution in [1.29, 1.82) is 0 Å². The van der Waals surface area contributed by atoms with Gasteiger partial charge in [-0.2, -0.15) is 0 Å². The Labute approximate surface area is 147 Å². The second-order valence-corrected chi connectivity index (χ2v) is 7.20. The van der Waals surface area contributed by atoms with E-state index < -0.39 is 0 Å². The number of halogens is 1. The summed E-state index contributed by atoms with van der Waals surface area (Å²) in [4.78, 5) is 26.8. The molecule has 0 aromatic carbocycles. The third-order valence-corrected chi connectivity index (χ3v) is 5.24. The van der Waals surface area contributed by atoms with Crippen molar-refractivity contribution in [3.05, 3.63) is 0 Å². The zero-order valence-electron chi connectivity index (χ0n) is 15.2. The molecule has 3 unspecified atom stereocenters. The Morgan fingerprint density at radius 1 is 1.35 bits per heavy atom. The summed E-state index contributed by atoms with van der Waals surface area (Å²) < 4.78 is 0. The molecular weight excluding hydrogens is 314 g/mol. The number of likely N-dealkylation sites (tertiary alicyclic amines) is 1. The molecule has 0 radical (unpaired) electrons. The number of nitrogens with zero attached hydrogens (tertiary/aromatic N) is 1. The minimum atomic E-state index is -0.389. The Hall–Kier alpha value is -0.810. The molecule has 0 aromatic heterocycles. The third kappa shape index (κ3) is 5.64. The molecule has 0 aromatic rings. The SMILES string of the molecule is CCC(C)C(=O)N1CCCC(C(=O)NC(C)(CN)C(C)C)C1.Cl. The van der Waals surface area contributed by atoms with Gasteiger partial charge in [-0.05, 0) is 32.1 Å². The van der Waals surface area contributed by atoms with Crippen LogP contribution in [0.15, 0.2) is 0 Å². The first-order valence-electron chi connectivity index (χ1n) is 8.56. The molecule has 1 aliphatic heterocycles. The van der Waals surface area contributed by atoms with Gasteiger partial charge in [0.05, 0.1) is 11.5 Å². The van der Waals surface area contributed by atoms with Crippen LogP contribution >= 0.6 is 12.4 Å². The maximum atomic E-state index is 12.6. The molecule has 3 atom stereocenters. The average Bonchev–Trinajstić information content (AvgIpc) is 2.52. The second-order valence-electron chi connectivity index (χ2n) is 7.20. The number of nitrogens with one attached hydrogen (secondary N) is 1. The number of piperidine rings is 1. The van der Waals surface area contributed by atoms with E-state index in [9.17, 15) is 9.59 Å². The Morgan fingerprint density at radius 2 is 1.96 bits per heavy atom. The van der Waals surface area contributed by atoms with Crippen LogP contribution in [-0.2, 0) is 9.59 Å². The maximum Gasteiger partial charge on any atom is 0.225 e. The molecule has 1 saturated heterocycles. The molecule has 0 aliphatic carbocycles. The van der Waals surface area contributed by atoms with E-state index in [1.165, 1.54) is 0 Å². The van der Waals surface area contributed by atoms with E-state index in [1.807, 2.05) is 25.7 Å². The molecule has 0 saturated carbocycles. The van der Waals surface area contributed by atoms with E-state index in [-0.39, 0.29) is 47.5 Å². The summed E-state index contributed by atoms with van der Waals surface area (Å²) in [6.45, 7) is 11.8. The van der Waals surface area contributed by atoms with Crippen LogP contribution in [0, 0.1) is 17.8 Å². The monoisotopic (exact) mass is 347 g/mol. The summed E-state index contributed by atoms with van der Waals surface area (Å²) in [7, 11) is 0. The molecule has 136 valence electrons. The highest BCUT2D eigenvalue weighted by molar-refractivity contribution is 5.85. The second kappa shape index (κ2) is 9.48. The van der Waals surface area contributed by atoms with Crippen LogP contribution in [0.3, 0.4) is 0 Å². The zero-order valence-corrected chi connectivity index (χ0v) is 16.0. The molecule has 1 aliphatic rings. The lowest BCUT2D eigenvalue weighted by Gasteiger charge is -2.38. The first kappa shape index (κ1) is 22.2. The summed E-state index contributed by atoms with van der Waals surface area (Å²) in [5.74, 6) is 0.384. The van der Waals surface area contributed by atoms with Gasteiger partial charge in [0.2, 0.25) is 11.8 Å². The van der Waals surface area contributed by atoms with Gasteiger partial charge in [-0.1, -0.05) is 27.7 Å². The summed E-state index contributed by atoms with van der Waals surface area (Å²) in [5, 5.41) is 3.11. The largest absolute Gasteiger partial charge is 0.349 e. The van der Waals surface area contributed by atoms with Crippen molar-refractivity contribution in [1.82, 2.24) is 10.2 Å². The van der Waals surface area contributed by atoms with Crippen LogP contribution in [0.4, 0.5) is 0 Å². The fourth-order valence-electron chi connectivity index (χ4n) is 2.69. The van der Waals surface area contributed by atoms with Gasteiger partial charge in [0.15, 0.2) is 0 Å². The van der Waals surface area contributed by atoms with Crippen molar-refractivity contribution in [2.45, 2.75) is 59.4 Å². The summed E-state index contributed by atoms with van der Waals surface area (Å²) in [5.41, 5.74) is 5.45. The molecular formula is C17H34ClN3O2. The lowest BCUT2D eigenvalue weighted by Crippen LogP contribution is -2.58. The first-order valence-corrected chi connectivity index (χ1v) is 8.56. The number of carbonyl (C=O) groups is 2. The number of hydrogen-bond acceptors (Lipinski definition) is 3. The maximum absolute atomic E-state index is 12.6. The molecule has 6 heteroatoms. The van der Waals surface area contributed by atoms with Crippen molar-refractivity contribution in [3.63, 3.8) is 0 Å². The smallest absolute Gasteiger partial charge is 0.225 e. The van der Waals surface area contributed by atoms with Crippen LogP contribution in [0.25, 0.3) is 0 Å². The first-order chi connectivity index (χ1) is 10.2. The Kier molecular flexibility index (Phi) is 9.14. The number of amides is 2. The zero-order chi connectivity index (χ0) is 16.9. The molecule has 3 N–H and O–H groups in total. The predicted molar refractivity (Wildman–Crippen MR) is 96.4 cm³/mol. The van der Waals surface area contributed by atoms with Gasteiger partial charge < -0.3 is 16.0 Å². The molecule has 1 rings (SSSR count). The molecule has 1 fully saturated rings. The number of hydrogen-bond donors (Lipinski definition) is 2. The number of rotatable bonds is 6. The topological polar surface area (TPSA) is 75.4 Å². The standard InChI is InChI=1S/C17H33N3O2.ClH/c1-6-13(4)16(22)20-9-7-8-14(10-20)15(21)19-17(5,11-18)12(2)3;/h12-14H,6-11,18H2,1-5H3,(H,19,21);1H. The highest BCUT2D eigenvalue weighted by Gasteiger charge is 2.34. The van der Waals surface area contributed by atoms with Crippen LogP contribution in [-0.4, -0.2) is 41.9 Å². The third-order valence-electron chi connectivity index (χ3n) is 5.24. The highest BCUT2D eigenvalue weighted by Crippen LogP contribution is 2.22. The van der Waals surface area contributed by atoms with E-state index >= 15 is 0 Å². The quantitative estimate of drug-likeness (QED) is 0.773. The Bertz CT molecular complexity index is 403. The van der Waals surface area contributed by atoms with Crippen molar-refractivity contribution in [2.75, 3.05) is 19.6 Å². The summed E-state index contributed by atoms with van der Waals surface area (Å²) >= 11 is 0. The fraction of sp³-hybridized carbons (Fsp3) is 0.882. The lowest BCUT2D eigenvalue weighted by atomic mass is 9.87. The van der Waals surface area contributed by atoms with Crippen LogP contribution < -0.4 is 11.1 Å². The van der Waals surface area contributed by atoms with Crippen LogP contribution in [0.2, 0.25) is 0 Å². The summed E-state index contributed by atoms with van der Waals surface area (Å²) in [6, 6.07) is 0. The molecule has 0 spiro atoms. The minimum absolute atomic E-state index is 0. The van der Waals surface area contributed by atoms with Crippen LogP contribution in [0.5, 0.6) is 0 Å².